The second-order valence-corrected chi connectivity index (χ2v) is 17.3. The molecule has 302 valence electrons. The Balaban J connectivity index is 0.000000171. The van der Waals surface area contributed by atoms with Crippen LogP contribution in [0.1, 0.15) is 32.6 Å². The fourth-order valence-corrected chi connectivity index (χ4v) is 9.47. The molecule has 1 aliphatic rings. The molecular weight excluding hydrogens is 963 g/mol. The Bertz CT molecular complexity index is 2910. The summed E-state index contributed by atoms with van der Waals surface area (Å²) in [6, 6.07) is 80.2. The van der Waals surface area contributed by atoms with Crippen LogP contribution in [0.2, 0.25) is 0 Å². The molecule has 0 aliphatic heterocycles. The van der Waals surface area contributed by atoms with Crippen LogP contribution >= 0.6 is 47.8 Å². The molecule has 0 aromatic heterocycles. The maximum atomic E-state index is 12.0. The zero-order valence-corrected chi connectivity index (χ0v) is 39.6. The van der Waals surface area contributed by atoms with Crippen molar-refractivity contribution in [1.82, 2.24) is 0 Å². The van der Waals surface area contributed by atoms with Crippen LogP contribution < -0.4 is 18.9 Å². The van der Waals surface area contributed by atoms with Gasteiger partial charge in [-0.3, -0.25) is 0 Å². The molecule has 0 bridgehead atoms. The molecule has 0 spiro atoms. The summed E-state index contributed by atoms with van der Waals surface area (Å²) in [7, 11) is 1.40. The molecule has 0 fully saturated rings. The van der Waals surface area contributed by atoms with E-state index in [2.05, 4.69) is 193 Å². The van der Waals surface area contributed by atoms with E-state index in [1.54, 1.807) is 6.07 Å². The number of hydrogen-bond donors (Lipinski definition) is 0. The summed E-state index contributed by atoms with van der Waals surface area (Å²) in [5.74, 6) is -0.321. The van der Waals surface area contributed by atoms with E-state index in [9.17, 15) is 4.79 Å². The third-order valence-electron chi connectivity index (χ3n) is 11.0. The van der Waals surface area contributed by atoms with E-state index >= 15 is 0 Å². The standard InChI is InChI=1S/C31H20Br2.C20H16O2.C6H4Br.Li/c32-24-13-6-11-22(19-24)31(23-12-7-14-25(33)20-23)28-17-5-4-15-27(28)30-26(16-8-18-29(30)31)21-9-2-1-3-10-21;1-22-20(21)19-14-8-7-13-18(19)17-12-6-5-11-16(17)15-9-3-2-4-10-15;7-6-4-2-1-3-5-6;/h1-20H;2-14H,1H3;1-2,4-5H;/q;;-1;+1. The number of carbonyl (C=O) groups excluding carboxylic acids is 1. The molecule has 0 unspecified atom stereocenters. The summed E-state index contributed by atoms with van der Waals surface area (Å²) in [6.07, 6.45) is 0. The van der Waals surface area contributed by atoms with Gasteiger partial charge in [-0.1, -0.05) is 206 Å². The monoisotopic (exact) mass is 1000 g/mol. The second kappa shape index (κ2) is 21.2. The van der Waals surface area contributed by atoms with Gasteiger partial charge in [0.2, 0.25) is 0 Å². The topological polar surface area (TPSA) is 26.3 Å². The zero-order chi connectivity index (χ0) is 42.9. The first-order valence-electron chi connectivity index (χ1n) is 20.1. The van der Waals surface area contributed by atoms with Crippen LogP contribution in [0.4, 0.5) is 0 Å². The Labute approximate surface area is 407 Å². The van der Waals surface area contributed by atoms with Gasteiger partial charge in [-0.25, -0.2) is 4.79 Å². The van der Waals surface area contributed by atoms with Crippen molar-refractivity contribution in [3.05, 3.63) is 272 Å². The first-order valence-corrected chi connectivity index (χ1v) is 22.5. The van der Waals surface area contributed by atoms with E-state index < -0.39 is 5.41 Å². The summed E-state index contributed by atoms with van der Waals surface area (Å²) in [6.45, 7) is 0. The summed E-state index contributed by atoms with van der Waals surface area (Å²) >= 11 is 10.8. The quantitative estimate of drug-likeness (QED) is 0.0943. The molecule has 63 heavy (non-hydrogen) atoms. The van der Waals surface area contributed by atoms with Gasteiger partial charge in [0.25, 0.3) is 0 Å². The Kier molecular flexibility index (Phi) is 15.3. The van der Waals surface area contributed by atoms with E-state index in [1.165, 1.54) is 51.6 Å². The number of rotatable bonds is 6. The number of fused-ring (bicyclic) bond motifs is 3. The molecule has 0 atom stereocenters. The molecule has 9 aromatic rings. The number of halogens is 3. The van der Waals surface area contributed by atoms with Crippen LogP contribution in [0.25, 0.3) is 44.5 Å². The van der Waals surface area contributed by atoms with Crippen LogP contribution in [0.5, 0.6) is 0 Å². The average molecular weight is 1000 g/mol. The van der Waals surface area contributed by atoms with Gasteiger partial charge in [-0.05, 0) is 97.1 Å². The number of methoxy groups -OCH3 is 1. The molecular formula is C57H40Br3LiO2. The predicted molar refractivity (Wildman–Crippen MR) is 266 cm³/mol. The fraction of sp³-hybridized carbons (Fsp3) is 0.0351. The Morgan fingerprint density at radius 1 is 0.460 bits per heavy atom. The number of hydrogen-bond acceptors (Lipinski definition) is 2. The molecule has 6 heteroatoms. The number of ether oxygens (including phenoxy) is 1. The van der Waals surface area contributed by atoms with Crippen LogP contribution in [-0.4, -0.2) is 13.1 Å². The number of carbonyl (C=O) groups is 1. The maximum Gasteiger partial charge on any atom is 1.00 e. The van der Waals surface area contributed by atoms with E-state index in [4.69, 9.17) is 4.74 Å². The summed E-state index contributed by atoms with van der Waals surface area (Å²) in [5.41, 5.74) is 14.6. The first-order chi connectivity index (χ1) is 30.4. The molecule has 0 N–H and O–H groups in total. The van der Waals surface area contributed by atoms with E-state index in [1.807, 2.05) is 78.9 Å². The first kappa shape index (κ1) is 45.5. The van der Waals surface area contributed by atoms with Gasteiger partial charge in [0.1, 0.15) is 0 Å². The predicted octanol–water partition coefficient (Wildman–Crippen LogP) is 13.3. The molecule has 10 rings (SSSR count). The van der Waals surface area contributed by atoms with Crippen molar-refractivity contribution in [3.63, 3.8) is 0 Å². The van der Waals surface area contributed by atoms with Gasteiger partial charge < -0.3 is 4.74 Å². The van der Waals surface area contributed by atoms with E-state index in [0.29, 0.717) is 5.56 Å². The molecule has 0 saturated heterocycles. The summed E-state index contributed by atoms with van der Waals surface area (Å²) in [4.78, 5) is 12.0. The van der Waals surface area contributed by atoms with Gasteiger partial charge in [-0.2, -0.15) is 30.3 Å². The Hall–Kier alpha value is -5.51. The molecule has 1 aliphatic carbocycles. The van der Waals surface area contributed by atoms with Crippen molar-refractivity contribution in [2.75, 3.05) is 7.11 Å². The minimum absolute atomic E-state index is 0. The van der Waals surface area contributed by atoms with Gasteiger partial charge >= 0.3 is 24.8 Å². The van der Waals surface area contributed by atoms with Crippen molar-refractivity contribution in [2.24, 2.45) is 0 Å². The van der Waals surface area contributed by atoms with Gasteiger partial charge in [-0.15, -0.1) is 15.9 Å². The minimum atomic E-state index is -0.412. The number of benzene rings is 9. The number of esters is 1. The van der Waals surface area contributed by atoms with Crippen molar-refractivity contribution >= 4 is 53.8 Å². The Morgan fingerprint density at radius 3 is 1.49 bits per heavy atom. The molecule has 0 saturated carbocycles. The van der Waals surface area contributed by atoms with Crippen LogP contribution in [-0.2, 0) is 10.2 Å². The fourth-order valence-electron chi connectivity index (χ4n) is 8.38. The van der Waals surface area contributed by atoms with Crippen LogP contribution in [0.15, 0.2) is 238 Å². The molecule has 2 nitrogen and oxygen atoms in total. The molecule has 9 aromatic carbocycles. The van der Waals surface area contributed by atoms with Crippen molar-refractivity contribution in [1.29, 1.82) is 0 Å². The summed E-state index contributed by atoms with van der Waals surface area (Å²) in [5, 5.41) is 0. The minimum Gasteiger partial charge on any atom is -0.465 e. The summed E-state index contributed by atoms with van der Waals surface area (Å²) < 4.78 is 8.15. The van der Waals surface area contributed by atoms with Gasteiger partial charge in [0.15, 0.2) is 0 Å². The molecule has 0 amide bonds. The third kappa shape index (κ3) is 9.70. The van der Waals surface area contributed by atoms with Gasteiger partial charge in [0, 0.05) is 8.95 Å². The smallest absolute Gasteiger partial charge is 0.465 e. The average Bonchev–Trinajstić information content (AvgIpc) is 3.64. The van der Waals surface area contributed by atoms with Crippen LogP contribution in [0.3, 0.4) is 0 Å². The van der Waals surface area contributed by atoms with Gasteiger partial charge in [0.05, 0.1) is 18.1 Å². The molecule has 0 heterocycles. The Morgan fingerprint density at radius 2 is 0.937 bits per heavy atom. The normalized spacial score (nSPS) is 11.6. The zero-order valence-electron chi connectivity index (χ0n) is 34.8. The SMILES string of the molecule is Brc1c[c-]ccc1.Brc1cccc(C2(c3cccc(Br)c3)c3ccccc3-c3c(-c4ccccc4)cccc32)c1.COC(=O)c1ccccc1-c1ccccc1-c1ccccc1.[Li+]. The third-order valence-corrected chi connectivity index (χ3v) is 12.5. The second-order valence-electron chi connectivity index (χ2n) is 14.6. The van der Waals surface area contributed by atoms with Crippen molar-refractivity contribution in [2.45, 2.75) is 5.41 Å². The largest absolute Gasteiger partial charge is 1.00 e. The van der Waals surface area contributed by atoms with Crippen molar-refractivity contribution < 1.29 is 28.4 Å². The van der Waals surface area contributed by atoms with E-state index in [0.717, 1.165) is 35.7 Å². The van der Waals surface area contributed by atoms with Crippen molar-refractivity contribution in [3.8, 4) is 44.5 Å². The van der Waals surface area contributed by atoms with E-state index in [-0.39, 0.29) is 24.8 Å². The molecule has 0 radical (unpaired) electrons. The van der Waals surface area contributed by atoms with Crippen LogP contribution in [0, 0.1) is 6.07 Å². The maximum absolute atomic E-state index is 12.0.